The van der Waals surface area contributed by atoms with Crippen LogP contribution in [0, 0.1) is 0 Å². The zero-order valence-electron chi connectivity index (χ0n) is 46.2. The van der Waals surface area contributed by atoms with E-state index in [1.165, 1.54) is 116 Å². The average Bonchev–Trinajstić information content (AvgIpc) is 3.37. The Morgan fingerprint density at radius 1 is 0.296 bits per heavy atom. The van der Waals surface area contributed by atoms with Gasteiger partial charge < -0.3 is 14.2 Å². The summed E-state index contributed by atoms with van der Waals surface area (Å²) in [6, 6.07) is 0. The Labute approximate surface area is 438 Å². The number of rotatable bonds is 52. The van der Waals surface area contributed by atoms with Gasteiger partial charge in [-0.2, -0.15) is 0 Å². The highest BCUT2D eigenvalue weighted by Crippen LogP contribution is 2.14. The van der Waals surface area contributed by atoms with E-state index in [9.17, 15) is 14.4 Å². The maximum Gasteiger partial charge on any atom is 0.306 e. The molecule has 0 rings (SSSR count). The average molecular weight is 986 g/mol. The maximum absolute atomic E-state index is 12.8. The molecule has 404 valence electrons. The van der Waals surface area contributed by atoms with Crippen LogP contribution < -0.4 is 0 Å². The van der Waals surface area contributed by atoms with Crippen molar-refractivity contribution in [3.05, 3.63) is 109 Å². The van der Waals surface area contributed by atoms with Gasteiger partial charge in [0, 0.05) is 19.3 Å². The molecule has 6 nitrogen and oxygen atoms in total. The fourth-order valence-electron chi connectivity index (χ4n) is 7.86. The topological polar surface area (TPSA) is 78.9 Å². The highest BCUT2D eigenvalue weighted by molar-refractivity contribution is 5.71. The fourth-order valence-corrected chi connectivity index (χ4v) is 7.86. The summed E-state index contributed by atoms with van der Waals surface area (Å²) < 4.78 is 16.8. The first-order valence-electron chi connectivity index (χ1n) is 29.4. The highest BCUT2D eigenvalue weighted by Gasteiger charge is 2.19. The largest absolute Gasteiger partial charge is 0.462 e. The lowest BCUT2D eigenvalue weighted by atomic mass is 10.1. The Morgan fingerprint density at radius 2 is 0.549 bits per heavy atom. The lowest BCUT2D eigenvalue weighted by molar-refractivity contribution is -0.167. The lowest BCUT2D eigenvalue weighted by Gasteiger charge is -2.18. The summed E-state index contributed by atoms with van der Waals surface area (Å²) in [5, 5.41) is 0. The van der Waals surface area contributed by atoms with E-state index in [1.807, 2.05) is 0 Å². The number of hydrogen-bond donors (Lipinski definition) is 0. The Hall–Kier alpha value is -3.93. The Morgan fingerprint density at radius 3 is 0.901 bits per heavy atom. The lowest BCUT2D eigenvalue weighted by Crippen LogP contribution is -2.30. The molecule has 0 aromatic heterocycles. The molecule has 6 heteroatoms. The molecule has 0 aliphatic carbocycles. The molecule has 71 heavy (non-hydrogen) atoms. The molecule has 1 unspecified atom stereocenters. The SMILES string of the molecule is CC/C=C\C/C=C\C/C=C\C/C=C\C/C=C\C/C=C\C/C=C\C/C=C\CCCCC(=O)OCC(COC(=O)CCCCCCCCCC)OC(=O)CCCCCCCCC/C=C\CCCCCCCCC. The van der Waals surface area contributed by atoms with E-state index < -0.39 is 6.10 Å². The van der Waals surface area contributed by atoms with Crippen molar-refractivity contribution in [3.8, 4) is 0 Å². The van der Waals surface area contributed by atoms with Crippen molar-refractivity contribution >= 4 is 17.9 Å². The van der Waals surface area contributed by atoms with Crippen LogP contribution >= 0.6 is 0 Å². The van der Waals surface area contributed by atoms with Crippen molar-refractivity contribution in [2.75, 3.05) is 13.2 Å². The number of carbonyl (C=O) groups is 3. The molecule has 0 aromatic rings. The van der Waals surface area contributed by atoms with Gasteiger partial charge in [0.25, 0.3) is 0 Å². The summed E-state index contributed by atoms with van der Waals surface area (Å²) >= 11 is 0. The third-order valence-corrected chi connectivity index (χ3v) is 12.3. The van der Waals surface area contributed by atoms with Crippen LogP contribution in [0.3, 0.4) is 0 Å². The minimum Gasteiger partial charge on any atom is -0.462 e. The monoisotopic (exact) mass is 985 g/mol. The first-order chi connectivity index (χ1) is 35.0. The molecule has 0 N–H and O–H groups in total. The van der Waals surface area contributed by atoms with Crippen molar-refractivity contribution < 1.29 is 28.6 Å². The molecular weight excluding hydrogens is 877 g/mol. The number of allylic oxidation sites excluding steroid dienone is 18. The normalized spacial score (nSPS) is 12.9. The summed E-state index contributed by atoms with van der Waals surface area (Å²) in [5.41, 5.74) is 0. The molecule has 0 radical (unpaired) electrons. The van der Waals surface area contributed by atoms with E-state index in [4.69, 9.17) is 14.2 Å². The third kappa shape index (κ3) is 56.9. The van der Waals surface area contributed by atoms with Crippen LogP contribution in [0.4, 0.5) is 0 Å². The molecule has 0 amide bonds. The second-order valence-corrected chi connectivity index (χ2v) is 19.2. The van der Waals surface area contributed by atoms with Crippen LogP contribution in [-0.2, 0) is 28.6 Å². The first-order valence-corrected chi connectivity index (χ1v) is 29.4. The van der Waals surface area contributed by atoms with E-state index >= 15 is 0 Å². The van der Waals surface area contributed by atoms with E-state index in [-0.39, 0.29) is 31.1 Å². The number of ether oxygens (including phenoxy) is 3. The van der Waals surface area contributed by atoms with E-state index in [1.54, 1.807) is 0 Å². The summed E-state index contributed by atoms with van der Waals surface area (Å²) in [6.07, 6.45) is 79.5. The predicted molar refractivity (Wildman–Crippen MR) is 307 cm³/mol. The van der Waals surface area contributed by atoms with E-state index in [0.717, 1.165) is 109 Å². The van der Waals surface area contributed by atoms with Gasteiger partial charge in [0.2, 0.25) is 0 Å². The van der Waals surface area contributed by atoms with Crippen molar-refractivity contribution in [2.45, 2.75) is 271 Å². The summed E-state index contributed by atoms with van der Waals surface area (Å²) in [5.74, 6) is -0.947. The van der Waals surface area contributed by atoms with Gasteiger partial charge in [-0.25, -0.2) is 0 Å². The molecule has 0 aliphatic rings. The zero-order chi connectivity index (χ0) is 51.4. The standard InChI is InChI=1S/C65H108O6/c1-4-7-10-13-16-19-21-23-25-27-29-30-31-32-33-34-35-36-37-39-40-42-44-46-49-52-55-58-64(67)70-61-62(60-69-63(66)57-54-51-48-18-15-12-9-6-3)71-65(68)59-56-53-50-47-45-43-41-38-28-26-24-22-20-17-14-11-8-5-2/h7,10,16,19,23,25-26,28-30,32-33,35-36,39-40,44,46,62H,4-6,8-9,11-15,17-18,20-22,24,27,31,34,37-38,41-43,45,47-61H2,1-3H3/b10-7-,19-16-,25-23-,28-26-,30-29-,33-32-,36-35-,40-39-,46-44-. The predicted octanol–water partition coefficient (Wildman–Crippen LogP) is 19.9. The molecule has 0 saturated heterocycles. The molecule has 0 saturated carbocycles. The Bertz CT molecular complexity index is 1460. The second kappa shape index (κ2) is 58.6. The van der Waals surface area contributed by atoms with Gasteiger partial charge in [-0.15, -0.1) is 0 Å². The van der Waals surface area contributed by atoms with Gasteiger partial charge in [0.1, 0.15) is 13.2 Å². The van der Waals surface area contributed by atoms with E-state index in [2.05, 4.69) is 130 Å². The maximum atomic E-state index is 12.8. The smallest absolute Gasteiger partial charge is 0.306 e. The molecule has 0 heterocycles. The van der Waals surface area contributed by atoms with Crippen LogP contribution in [0.5, 0.6) is 0 Å². The van der Waals surface area contributed by atoms with Crippen molar-refractivity contribution in [1.82, 2.24) is 0 Å². The van der Waals surface area contributed by atoms with Gasteiger partial charge in [-0.3, -0.25) is 14.4 Å². The highest BCUT2D eigenvalue weighted by atomic mass is 16.6. The summed E-state index contributed by atoms with van der Waals surface area (Å²) in [4.78, 5) is 38.0. The number of hydrogen-bond acceptors (Lipinski definition) is 6. The fraction of sp³-hybridized carbons (Fsp3) is 0.677. The molecule has 0 aromatic carbocycles. The van der Waals surface area contributed by atoms with E-state index in [0.29, 0.717) is 19.3 Å². The van der Waals surface area contributed by atoms with Crippen LogP contribution in [0.2, 0.25) is 0 Å². The molecule has 0 bridgehead atoms. The quantitative estimate of drug-likeness (QED) is 0.0261. The first kappa shape index (κ1) is 67.1. The van der Waals surface area contributed by atoms with Crippen LogP contribution in [0.25, 0.3) is 0 Å². The minimum atomic E-state index is -0.797. The zero-order valence-corrected chi connectivity index (χ0v) is 46.2. The second-order valence-electron chi connectivity index (χ2n) is 19.2. The molecule has 1 atom stereocenters. The minimum absolute atomic E-state index is 0.0934. The van der Waals surface area contributed by atoms with Crippen LogP contribution in [-0.4, -0.2) is 37.2 Å². The van der Waals surface area contributed by atoms with Gasteiger partial charge in [0.05, 0.1) is 0 Å². The van der Waals surface area contributed by atoms with Crippen molar-refractivity contribution in [2.24, 2.45) is 0 Å². The Balaban J connectivity index is 4.33. The van der Waals surface area contributed by atoms with Gasteiger partial charge in [-0.05, 0) is 109 Å². The molecule has 0 fully saturated rings. The van der Waals surface area contributed by atoms with Gasteiger partial charge in [0.15, 0.2) is 6.10 Å². The number of carbonyl (C=O) groups excluding carboxylic acids is 3. The summed E-state index contributed by atoms with van der Waals surface area (Å²) in [6.45, 7) is 6.46. The van der Waals surface area contributed by atoms with Gasteiger partial charge in [-0.1, -0.05) is 246 Å². The summed E-state index contributed by atoms with van der Waals surface area (Å²) in [7, 11) is 0. The van der Waals surface area contributed by atoms with Crippen LogP contribution in [0.1, 0.15) is 265 Å². The van der Waals surface area contributed by atoms with Gasteiger partial charge >= 0.3 is 17.9 Å². The molecule has 0 aliphatic heterocycles. The van der Waals surface area contributed by atoms with Crippen molar-refractivity contribution in [1.29, 1.82) is 0 Å². The Kier molecular flexibility index (Phi) is 55.4. The molecule has 0 spiro atoms. The third-order valence-electron chi connectivity index (χ3n) is 12.3. The molecular formula is C65H108O6. The number of unbranched alkanes of at least 4 members (excludes halogenated alkanes) is 23. The van der Waals surface area contributed by atoms with Crippen LogP contribution in [0.15, 0.2) is 109 Å². The number of esters is 3. The van der Waals surface area contributed by atoms with Crippen molar-refractivity contribution in [3.63, 3.8) is 0 Å².